The van der Waals surface area contributed by atoms with Crippen LogP contribution in [0.4, 0.5) is 4.39 Å². The maximum Gasteiger partial charge on any atom is 0.335 e. The molecule has 3 N–H and O–H groups in total. The van der Waals surface area contributed by atoms with Crippen molar-refractivity contribution in [1.29, 1.82) is 0 Å². The van der Waals surface area contributed by atoms with Crippen molar-refractivity contribution in [2.24, 2.45) is 0 Å². The first-order chi connectivity index (χ1) is 12.3. The smallest absolute Gasteiger partial charge is 0.335 e. The van der Waals surface area contributed by atoms with Gasteiger partial charge in [0.1, 0.15) is 11.4 Å². The standard InChI is InChI=1S/C20H24FNO4/c1-22(2)11-3-10-20(26,16-5-7-17(21)8-6-16)18-9-4-14(19(24)25)12-15(18)13-23/h4-9,12,23,26H,3,10-11,13H2,1-2H3,(H,24,25). The largest absolute Gasteiger partial charge is 0.478 e. The first kappa shape index (κ1) is 20.0. The lowest BCUT2D eigenvalue weighted by Gasteiger charge is -2.32. The van der Waals surface area contributed by atoms with Gasteiger partial charge in [-0.2, -0.15) is 0 Å². The van der Waals surface area contributed by atoms with Crippen molar-refractivity contribution in [3.05, 3.63) is 70.5 Å². The molecule has 140 valence electrons. The summed E-state index contributed by atoms with van der Waals surface area (Å²) in [5.74, 6) is -1.52. The third-order valence-electron chi connectivity index (χ3n) is 4.43. The van der Waals surface area contributed by atoms with E-state index in [9.17, 15) is 19.4 Å². The molecule has 26 heavy (non-hydrogen) atoms. The van der Waals surface area contributed by atoms with Gasteiger partial charge in [0, 0.05) is 0 Å². The highest BCUT2D eigenvalue weighted by Crippen LogP contribution is 2.37. The number of carboxylic acid groups (broad SMARTS) is 1. The van der Waals surface area contributed by atoms with E-state index in [1.54, 1.807) is 0 Å². The number of aromatic carboxylic acids is 1. The van der Waals surface area contributed by atoms with E-state index in [0.717, 1.165) is 6.54 Å². The van der Waals surface area contributed by atoms with Crippen molar-refractivity contribution < 1.29 is 24.5 Å². The molecular weight excluding hydrogens is 337 g/mol. The molecule has 0 saturated heterocycles. The summed E-state index contributed by atoms with van der Waals surface area (Å²) >= 11 is 0. The zero-order chi connectivity index (χ0) is 19.3. The molecule has 0 amide bonds. The second-order valence-corrected chi connectivity index (χ2v) is 6.61. The van der Waals surface area contributed by atoms with Gasteiger partial charge in [-0.25, -0.2) is 9.18 Å². The average Bonchev–Trinajstić information content (AvgIpc) is 2.61. The van der Waals surface area contributed by atoms with Crippen LogP contribution >= 0.6 is 0 Å². The highest BCUT2D eigenvalue weighted by molar-refractivity contribution is 5.88. The number of halogens is 1. The normalized spacial score (nSPS) is 13.6. The molecule has 2 aromatic carbocycles. The second-order valence-electron chi connectivity index (χ2n) is 6.61. The lowest BCUT2D eigenvalue weighted by atomic mass is 9.80. The molecule has 0 aliphatic rings. The molecule has 0 bridgehead atoms. The van der Waals surface area contributed by atoms with Crippen LogP contribution in [0.15, 0.2) is 42.5 Å². The third-order valence-corrected chi connectivity index (χ3v) is 4.43. The Morgan fingerprint density at radius 2 is 1.81 bits per heavy atom. The molecule has 1 unspecified atom stereocenters. The molecule has 0 aliphatic carbocycles. The van der Waals surface area contributed by atoms with E-state index in [0.29, 0.717) is 29.5 Å². The fourth-order valence-electron chi connectivity index (χ4n) is 3.07. The second kappa shape index (κ2) is 8.40. The Morgan fingerprint density at radius 3 is 2.35 bits per heavy atom. The Kier molecular flexibility index (Phi) is 6.47. The van der Waals surface area contributed by atoms with Crippen LogP contribution in [0.5, 0.6) is 0 Å². The summed E-state index contributed by atoms with van der Waals surface area (Å²) in [6, 6.07) is 9.85. The Bertz CT molecular complexity index is 761. The van der Waals surface area contributed by atoms with Gasteiger partial charge < -0.3 is 20.2 Å². The summed E-state index contributed by atoms with van der Waals surface area (Å²) in [7, 11) is 3.86. The monoisotopic (exact) mass is 361 g/mol. The minimum Gasteiger partial charge on any atom is -0.478 e. The summed E-state index contributed by atoms with van der Waals surface area (Å²) in [5, 5.41) is 30.4. The summed E-state index contributed by atoms with van der Waals surface area (Å²) in [4.78, 5) is 13.2. The summed E-state index contributed by atoms with van der Waals surface area (Å²) < 4.78 is 13.3. The van der Waals surface area contributed by atoms with E-state index in [1.807, 2.05) is 19.0 Å². The fourth-order valence-corrected chi connectivity index (χ4v) is 3.07. The van der Waals surface area contributed by atoms with Crippen molar-refractivity contribution >= 4 is 5.97 Å². The third kappa shape index (κ3) is 4.46. The lowest BCUT2D eigenvalue weighted by Crippen LogP contribution is -2.30. The molecule has 0 saturated carbocycles. The van der Waals surface area contributed by atoms with Gasteiger partial charge in [-0.05, 0) is 74.4 Å². The first-order valence-corrected chi connectivity index (χ1v) is 8.38. The number of aliphatic hydroxyl groups excluding tert-OH is 1. The topological polar surface area (TPSA) is 81.0 Å². The highest BCUT2D eigenvalue weighted by Gasteiger charge is 2.33. The summed E-state index contributed by atoms with van der Waals surface area (Å²) in [6.07, 6.45) is 1.00. The predicted octanol–water partition coefficient (Wildman–Crippen LogP) is 2.59. The minimum absolute atomic E-state index is 0.0348. The number of hydrogen-bond donors (Lipinski definition) is 3. The zero-order valence-corrected chi connectivity index (χ0v) is 14.9. The Balaban J connectivity index is 2.52. The zero-order valence-electron chi connectivity index (χ0n) is 14.9. The van der Waals surface area contributed by atoms with Crippen molar-refractivity contribution in [2.45, 2.75) is 25.0 Å². The highest BCUT2D eigenvalue weighted by atomic mass is 19.1. The van der Waals surface area contributed by atoms with Crippen LogP contribution in [-0.4, -0.2) is 46.8 Å². The van der Waals surface area contributed by atoms with E-state index < -0.39 is 24.0 Å². The van der Waals surface area contributed by atoms with E-state index in [1.165, 1.54) is 42.5 Å². The van der Waals surface area contributed by atoms with Gasteiger partial charge in [-0.1, -0.05) is 18.2 Å². The van der Waals surface area contributed by atoms with Crippen molar-refractivity contribution in [2.75, 3.05) is 20.6 Å². The van der Waals surface area contributed by atoms with Crippen LogP contribution in [0.3, 0.4) is 0 Å². The quantitative estimate of drug-likeness (QED) is 0.673. The molecule has 2 aromatic rings. The van der Waals surface area contributed by atoms with Crippen molar-refractivity contribution in [3.8, 4) is 0 Å². The van der Waals surface area contributed by atoms with Gasteiger partial charge >= 0.3 is 5.97 Å². The van der Waals surface area contributed by atoms with Crippen LogP contribution < -0.4 is 0 Å². The van der Waals surface area contributed by atoms with Crippen LogP contribution in [0.25, 0.3) is 0 Å². The van der Waals surface area contributed by atoms with Crippen LogP contribution in [0.2, 0.25) is 0 Å². The number of rotatable bonds is 8. The molecule has 0 aromatic heterocycles. The molecular formula is C20H24FNO4. The molecule has 0 radical (unpaired) electrons. The molecule has 0 aliphatic heterocycles. The molecule has 5 nitrogen and oxygen atoms in total. The molecule has 6 heteroatoms. The van der Waals surface area contributed by atoms with Gasteiger partial charge in [0.25, 0.3) is 0 Å². The SMILES string of the molecule is CN(C)CCCC(O)(c1ccc(F)cc1)c1ccc(C(=O)O)cc1CO. The fraction of sp³-hybridized carbons (Fsp3) is 0.350. The lowest BCUT2D eigenvalue weighted by molar-refractivity contribution is 0.0634. The number of carbonyl (C=O) groups is 1. The van der Waals surface area contributed by atoms with Gasteiger partial charge in [-0.3, -0.25) is 0 Å². The van der Waals surface area contributed by atoms with Crippen LogP contribution in [0, 0.1) is 5.82 Å². The van der Waals surface area contributed by atoms with Gasteiger partial charge in [-0.15, -0.1) is 0 Å². The molecule has 0 fully saturated rings. The Labute approximate surface area is 152 Å². The number of nitrogens with zero attached hydrogens (tertiary/aromatic N) is 1. The Morgan fingerprint density at radius 1 is 1.15 bits per heavy atom. The molecule has 0 heterocycles. The maximum absolute atomic E-state index is 13.3. The number of aliphatic hydroxyl groups is 2. The molecule has 1 atom stereocenters. The number of benzene rings is 2. The summed E-state index contributed by atoms with van der Waals surface area (Å²) in [6.45, 7) is 0.332. The van der Waals surface area contributed by atoms with Gasteiger partial charge in [0.15, 0.2) is 0 Å². The van der Waals surface area contributed by atoms with Gasteiger partial charge in [0.2, 0.25) is 0 Å². The van der Waals surface area contributed by atoms with Crippen LogP contribution in [0.1, 0.15) is 39.9 Å². The van der Waals surface area contributed by atoms with E-state index in [4.69, 9.17) is 5.11 Å². The van der Waals surface area contributed by atoms with Crippen LogP contribution in [-0.2, 0) is 12.2 Å². The molecule has 0 spiro atoms. The minimum atomic E-state index is -1.46. The number of carboxylic acids is 1. The molecule has 2 rings (SSSR count). The number of hydrogen-bond acceptors (Lipinski definition) is 4. The van der Waals surface area contributed by atoms with E-state index in [-0.39, 0.29) is 5.56 Å². The average molecular weight is 361 g/mol. The van der Waals surface area contributed by atoms with Gasteiger partial charge in [0.05, 0.1) is 12.2 Å². The first-order valence-electron chi connectivity index (χ1n) is 8.38. The Hall–Kier alpha value is -2.28. The van der Waals surface area contributed by atoms with Crippen molar-refractivity contribution in [1.82, 2.24) is 4.90 Å². The predicted molar refractivity (Wildman–Crippen MR) is 96.5 cm³/mol. The maximum atomic E-state index is 13.3. The van der Waals surface area contributed by atoms with Crippen molar-refractivity contribution in [3.63, 3.8) is 0 Å². The van der Waals surface area contributed by atoms with E-state index >= 15 is 0 Å². The van der Waals surface area contributed by atoms with E-state index in [2.05, 4.69) is 0 Å². The summed E-state index contributed by atoms with van der Waals surface area (Å²) in [5.41, 5.74) is -0.168.